The minimum absolute atomic E-state index is 0.596. The van der Waals surface area contributed by atoms with Gasteiger partial charge in [-0.25, -0.2) is 4.68 Å². The van der Waals surface area contributed by atoms with E-state index in [-0.39, 0.29) is 0 Å². The molecule has 4 rings (SSSR count). The SMILES string of the molecule is N#Cc1ccccc1-n1nc(C2CCCC2)c2c1NCCCC2. The number of nitrogens with one attached hydrogen (secondary N) is 1. The lowest BCUT2D eigenvalue weighted by atomic mass is 9.97. The number of nitriles is 1. The van der Waals surface area contributed by atoms with Crippen LogP contribution >= 0.6 is 0 Å². The molecular formula is C19H22N4. The molecule has 0 amide bonds. The van der Waals surface area contributed by atoms with Crippen molar-refractivity contribution in [2.45, 2.75) is 50.9 Å². The Hall–Kier alpha value is -2.28. The zero-order valence-corrected chi connectivity index (χ0v) is 13.4. The van der Waals surface area contributed by atoms with E-state index in [4.69, 9.17) is 5.10 Å². The third-order valence-corrected chi connectivity index (χ3v) is 5.16. The number of fused-ring (bicyclic) bond motifs is 1. The summed E-state index contributed by atoms with van der Waals surface area (Å²) < 4.78 is 1.99. The van der Waals surface area contributed by atoms with E-state index in [0.717, 1.165) is 24.5 Å². The van der Waals surface area contributed by atoms with E-state index in [1.807, 2.05) is 28.9 Å². The van der Waals surface area contributed by atoms with Crippen LogP contribution in [0.4, 0.5) is 5.82 Å². The molecule has 2 heterocycles. The lowest BCUT2D eigenvalue weighted by molar-refractivity contribution is 0.663. The average molecular weight is 306 g/mol. The molecule has 4 nitrogen and oxygen atoms in total. The maximum absolute atomic E-state index is 9.45. The van der Waals surface area contributed by atoms with Crippen molar-refractivity contribution in [1.82, 2.24) is 9.78 Å². The van der Waals surface area contributed by atoms with Crippen LogP contribution in [0.25, 0.3) is 5.69 Å². The third kappa shape index (κ3) is 2.50. The van der Waals surface area contributed by atoms with Crippen LogP contribution in [0, 0.1) is 11.3 Å². The molecule has 2 aliphatic rings. The van der Waals surface area contributed by atoms with Crippen molar-refractivity contribution in [2.75, 3.05) is 11.9 Å². The highest BCUT2D eigenvalue weighted by molar-refractivity contribution is 5.59. The minimum atomic E-state index is 0.596. The maximum atomic E-state index is 9.45. The number of para-hydroxylation sites is 1. The molecule has 1 aromatic heterocycles. The van der Waals surface area contributed by atoms with Crippen molar-refractivity contribution in [3.05, 3.63) is 41.1 Å². The van der Waals surface area contributed by atoms with E-state index in [1.165, 1.54) is 49.8 Å². The molecule has 1 N–H and O–H groups in total. The molecule has 0 radical (unpaired) electrons. The molecule has 2 aromatic rings. The zero-order valence-electron chi connectivity index (χ0n) is 13.4. The fourth-order valence-electron chi connectivity index (χ4n) is 3.98. The van der Waals surface area contributed by atoms with Gasteiger partial charge in [-0.1, -0.05) is 25.0 Å². The number of rotatable bonds is 2. The lowest BCUT2D eigenvalue weighted by Crippen LogP contribution is -2.08. The van der Waals surface area contributed by atoms with E-state index in [2.05, 4.69) is 11.4 Å². The summed E-state index contributed by atoms with van der Waals surface area (Å²) in [6.45, 7) is 0.984. The second-order valence-electron chi connectivity index (χ2n) is 6.62. The van der Waals surface area contributed by atoms with Crippen LogP contribution in [0.2, 0.25) is 0 Å². The summed E-state index contributed by atoms with van der Waals surface area (Å²) in [5.41, 5.74) is 4.24. The van der Waals surface area contributed by atoms with Gasteiger partial charge in [-0.2, -0.15) is 10.4 Å². The first-order chi connectivity index (χ1) is 11.4. The van der Waals surface area contributed by atoms with Crippen LogP contribution in [0.1, 0.15) is 61.3 Å². The largest absolute Gasteiger partial charge is 0.370 e. The lowest BCUT2D eigenvalue weighted by Gasteiger charge is -2.10. The Kier molecular flexibility index (Phi) is 3.78. The standard InChI is InChI=1S/C19H22N4/c20-13-15-9-3-4-11-17(15)23-19-16(10-5-6-12-21-19)18(22-23)14-7-1-2-8-14/h3-4,9,11,14,21H,1-2,5-8,10,12H2. The van der Waals surface area contributed by atoms with Crippen molar-refractivity contribution >= 4 is 5.82 Å². The van der Waals surface area contributed by atoms with Gasteiger partial charge in [-0.05, 0) is 44.2 Å². The van der Waals surface area contributed by atoms with Gasteiger partial charge in [0, 0.05) is 18.0 Å². The van der Waals surface area contributed by atoms with Gasteiger partial charge >= 0.3 is 0 Å². The predicted octanol–water partition coefficient (Wildman–Crippen LogP) is 4.15. The van der Waals surface area contributed by atoms with Crippen LogP contribution in [0.15, 0.2) is 24.3 Å². The first kappa shape index (κ1) is 14.3. The van der Waals surface area contributed by atoms with E-state index in [1.54, 1.807) is 0 Å². The highest BCUT2D eigenvalue weighted by atomic mass is 15.3. The summed E-state index contributed by atoms with van der Waals surface area (Å²) in [6, 6.07) is 10.1. The Labute approximate surface area is 137 Å². The van der Waals surface area contributed by atoms with Crippen molar-refractivity contribution in [2.24, 2.45) is 0 Å². The molecule has 0 saturated heterocycles. The van der Waals surface area contributed by atoms with E-state index >= 15 is 0 Å². The van der Waals surface area contributed by atoms with Gasteiger partial charge in [0.25, 0.3) is 0 Å². The average Bonchev–Trinajstić information content (AvgIpc) is 3.17. The summed E-state index contributed by atoms with van der Waals surface area (Å²) >= 11 is 0. The molecule has 23 heavy (non-hydrogen) atoms. The number of benzene rings is 1. The number of hydrogen-bond donors (Lipinski definition) is 1. The second kappa shape index (κ2) is 6.08. The summed E-state index contributed by atoms with van der Waals surface area (Å²) in [4.78, 5) is 0. The first-order valence-corrected chi connectivity index (χ1v) is 8.73. The normalized spacial score (nSPS) is 18.0. The van der Waals surface area contributed by atoms with Crippen LogP contribution in [-0.4, -0.2) is 16.3 Å². The van der Waals surface area contributed by atoms with Crippen LogP contribution < -0.4 is 5.32 Å². The molecule has 0 atom stereocenters. The molecule has 1 aliphatic heterocycles. The Morgan fingerprint density at radius 3 is 2.78 bits per heavy atom. The maximum Gasteiger partial charge on any atom is 0.133 e. The minimum Gasteiger partial charge on any atom is -0.370 e. The fraction of sp³-hybridized carbons (Fsp3) is 0.474. The zero-order chi connectivity index (χ0) is 15.6. The Morgan fingerprint density at radius 1 is 1.13 bits per heavy atom. The summed E-state index contributed by atoms with van der Waals surface area (Å²) in [7, 11) is 0. The van der Waals surface area contributed by atoms with E-state index < -0.39 is 0 Å². The molecule has 4 heteroatoms. The molecule has 1 saturated carbocycles. The van der Waals surface area contributed by atoms with Crippen LogP contribution in [0.3, 0.4) is 0 Å². The molecule has 0 bridgehead atoms. The van der Waals surface area contributed by atoms with Crippen molar-refractivity contribution in [1.29, 1.82) is 5.26 Å². The van der Waals surface area contributed by atoms with E-state index in [9.17, 15) is 5.26 Å². The Morgan fingerprint density at radius 2 is 1.96 bits per heavy atom. The fourth-order valence-corrected chi connectivity index (χ4v) is 3.98. The second-order valence-corrected chi connectivity index (χ2v) is 6.62. The van der Waals surface area contributed by atoms with Crippen LogP contribution in [-0.2, 0) is 6.42 Å². The van der Waals surface area contributed by atoms with E-state index in [0.29, 0.717) is 11.5 Å². The smallest absolute Gasteiger partial charge is 0.133 e. The summed E-state index contributed by atoms with van der Waals surface area (Å²) in [5, 5.41) is 18.0. The molecule has 1 aromatic carbocycles. The number of hydrogen-bond acceptors (Lipinski definition) is 3. The molecular weight excluding hydrogens is 284 g/mol. The van der Waals surface area contributed by atoms with Crippen molar-refractivity contribution in [3.63, 3.8) is 0 Å². The molecule has 1 fully saturated rings. The molecule has 1 aliphatic carbocycles. The highest BCUT2D eigenvalue weighted by Gasteiger charge is 2.28. The number of aromatic nitrogens is 2. The van der Waals surface area contributed by atoms with Gasteiger partial charge in [0.05, 0.1) is 16.9 Å². The molecule has 118 valence electrons. The number of nitrogens with zero attached hydrogens (tertiary/aromatic N) is 3. The van der Waals surface area contributed by atoms with Gasteiger partial charge in [0.1, 0.15) is 11.9 Å². The van der Waals surface area contributed by atoms with Gasteiger partial charge in [0.15, 0.2) is 0 Å². The topological polar surface area (TPSA) is 53.6 Å². The van der Waals surface area contributed by atoms with Gasteiger partial charge in [-0.15, -0.1) is 0 Å². The predicted molar refractivity (Wildman–Crippen MR) is 90.9 cm³/mol. The number of anilines is 1. The van der Waals surface area contributed by atoms with Crippen LogP contribution in [0.5, 0.6) is 0 Å². The molecule has 0 spiro atoms. The first-order valence-electron chi connectivity index (χ1n) is 8.73. The van der Waals surface area contributed by atoms with Gasteiger partial charge in [-0.3, -0.25) is 0 Å². The summed E-state index contributed by atoms with van der Waals surface area (Å²) in [6.07, 6.45) is 8.64. The third-order valence-electron chi connectivity index (χ3n) is 5.16. The molecule has 0 unspecified atom stereocenters. The van der Waals surface area contributed by atoms with Crippen molar-refractivity contribution < 1.29 is 0 Å². The van der Waals surface area contributed by atoms with Gasteiger partial charge < -0.3 is 5.32 Å². The van der Waals surface area contributed by atoms with Crippen molar-refractivity contribution in [3.8, 4) is 11.8 Å². The highest BCUT2D eigenvalue weighted by Crippen LogP contribution is 2.39. The van der Waals surface area contributed by atoms with Gasteiger partial charge in [0.2, 0.25) is 0 Å². The Bertz CT molecular complexity index is 747. The summed E-state index contributed by atoms with van der Waals surface area (Å²) in [5.74, 6) is 1.71. The monoisotopic (exact) mass is 306 g/mol. The quantitative estimate of drug-likeness (QED) is 0.906. The Balaban J connectivity index is 1.88.